The number of ether oxygens (including phenoxy) is 1. The van der Waals surface area contributed by atoms with Crippen LogP contribution in [0.5, 0.6) is 0 Å². The molecule has 0 saturated carbocycles. The molecular formula is C25H29NO5. The largest absolute Gasteiger partial charge is 0.478 e. The quantitative estimate of drug-likeness (QED) is 0.697. The zero-order valence-corrected chi connectivity index (χ0v) is 18.6. The summed E-state index contributed by atoms with van der Waals surface area (Å²) in [5.74, 6) is -2.47. The number of aromatic carboxylic acids is 1. The predicted molar refractivity (Wildman–Crippen MR) is 117 cm³/mol. The molecule has 1 unspecified atom stereocenters. The monoisotopic (exact) mass is 423 g/mol. The minimum absolute atomic E-state index is 0.0108. The number of hydrogen-bond donors (Lipinski definition) is 2. The molecule has 3 rings (SSSR count). The number of rotatable bonds is 5. The van der Waals surface area contributed by atoms with E-state index in [0.717, 1.165) is 18.4 Å². The van der Waals surface area contributed by atoms with Crippen LogP contribution in [0.15, 0.2) is 42.5 Å². The Morgan fingerprint density at radius 3 is 2.10 bits per heavy atom. The molecule has 2 aromatic carbocycles. The van der Waals surface area contributed by atoms with E-state index < -0.39 is 23.9 Å². The van der Waals surface area contributed by atoms with Gasteiger partial charge in [-0.05, 0) is 52.5 Å². The van der Waals surface area contributed by atoms with E-state index in [1.807, 2.05) is 18.2 Å². The molecular weight excluding hydrogens is 394 g/mol. The maximum atomic E-state index is 12.9. The highest BCUT2D eigenvalue weighted by atomic mass is 16.5. The molecule has 0 radical (unpaired) electrons. The van der Waals surface area contributed by atoms with Gasteiger partial charge in [0, 0.05) is 0 Å². The minimum Gasteiger partial charge on any atom is -0.478 e. The van der Waals surface area contributed by atoms with E-state index in [4.69, 9.17) is 4.74 Å². The zero-order valence-electron chi connectivity index (χ0n) is 18.6. The van der Waals surface area contributed by atoms with Gasteiger partial charge in [0.2, 0.25) is 0 Å². The lowest BCUT2D eigenvalue weighted by molar-refractivity contribution is -0.143. The second-order valence-corrected chi connectivity index (χ2v) is 9.35. The summed E-state index contributed by atoms with van der Waals surface area (Å²) < 4.78 is 4.95. The van der Waals surface area contributed by atoms with Gasteiger partial charge in [0.1, 0.15) is 0 Å². The van der Waals surface area contributed by atoms with Gasteiger partial charge >= 0.3 is 11.9 Å². The second-order valence-electron chi connectivity index (χ2n) is 9.35. The Kier molecular flexibility index (Phi) is 5.94. The molecule has 2 aromatic rings. The average Bonchev–Trinajstić information content (AvgIpc) is 2.74. The van der Waals surface area contributed by atoms with Crippen molar-refractivity contribution in [2.24, 2.45) is 0 Å². The third kappa shape index (κ3) is 4.33. The first-order chi connectivity index (χ1) is 14.5. The third-order valence-corrected chi connectivity index (χ3v) is 6.32. The first-order valence-corrected chi connectivity index (χ1v) is 10.3. The summed E-state index contributed by atoms with van der Waals surface area (Å²) in [7, 11) is 1.26. The van der Waals surface area contributed by atoms with Crippen LogP contribution in [0.2, 0.25) is 0 Å². The van der Waals surface area contributed by atoms with Crippen molar-refractivity contribution in [3.8, 4) is 0 Å². The molecule has 1 aliphatic rings. The Balaban J connectivity index is 2.03. The van der Waals surface area contributed by atoms with Gasteiger partial charge in [0.05, 0.1) is 18.2 Å². The van der Waals surface area contributed by atoms with Crippen LogP contribution in [0.25, 0.3) is 0 Å². The summed E-state index contributed by atoms with van der Waals surface area (Å²) in [6.07, 6.45) is 2.08. The molecule has 1 aliphatic carbocycles. The van der Waals surface area contributed by atoms with Gasteiger partial charge in [0.15, 0.2) is 6.04 Å². The Bertz CT molecular complexity index is 1040. The van der Waals surface area contributed by atoms with Crippen molar-refractivity contribution in [1.29, 1.82) is 0 Å². The van der Waals surface area contributed by atoms with Crippen molar-refractivity contribution in [3.63, 3.8) is 0 Å². The number of hydrogen-bond acceptors (Lipinski definition) is 4. The number of fused-ring (bicyclic) bond motifs is 1. The lowest BCUT2D eigenvalue weighted by atomic mass is 9.63. The van der Waals surface area contributed by atoms with Crippen LogP contribution in [0, 0.1) is 0 Å². The molecule has 6 heteroatoms. The van der Waals surface area contributed by atoms with Crippen LogP contribution in [0.4, 0.5) is 0 Å². The predicted octanol–water partition coefficient (Wildman–Crippen LogP) is 4.38. The molecule has 0 fully saturated rings. The van der Waals surface area contributed by atoms with E-state index in [-0.39, 0.29) is 22.0 Å². The Morgan fingerprint density at radius 2 is 1.52 bits per heavy atom. The fraction of sp³-hybridized carbons (Fsp3) is 0.400. The molecule has 6 nitrogen and oxygen atoms in total. The fourth-order valence-corrected chi connectivity index (χ4v) is 4.26. The Hall–Kier alpha value is -3.15. The molecule has 164 valence electrons. The van der Waals surface area contributed by atoms with Gasteiger partial charge in [-0.2, -0.15) is 0 Å². The first-order valence-electron chi connectivity index (χ1n) is 10.3. The maximum Gasteiger partial charge on any atom is 0.336 e. The molecule has 0 aliphatic heterocycles. The van der Waals surface area contributed by atoms with Crippen LogP contribution < -0.4 is 5.32 Å². The Labute approximate surface area is 182 Å². The van der Waals surface area contributed by atoms with Crippen molar-refractivity contribution >= 4 is 17.8 Å². The van der Waals surface area contributed by atoms with Gasteiger partial charge in [-0.1, -0.05) is 58.0 Å². The summed E-state index contributed by atoms with van der Waals surface area (Å²) in [6.45, 7) is 8.78. The van der Waals surface area contributed by atoms with Crippen LogP contribution in [-0.2, 0) is 20.4 Å². The third-order valence-electron chi connectivity index (χ3n) is 6.32. The average molecular weight is 424 g/mol. The summed E-state index contributed by atoms with van der Waals surface area (Å²) in [5.41, 5.74) is 2.81. The van der Waals surface area contributed by atoms with E-state index in [2.05, 4.69) is 33.0 Å². The number of benzene rings is 2. The number of methoxy groups -OCH3 is 1. The van der Waals surface area contributed by atoms with Crippen LogP contribution in [0.3, 0.4) is 0 Å². The van der Waals surface area contributed by atoms with Crippen molar-refractivity contribution < 1.29 is 24.2 Å². The molecule has 0 spiro atoms. The van der Waals surface area contributed by atoms with Crippen molar-refractivity contribution in [2.45, 2.75) is 57.4 Å². The topological polar surface area (TPSA) is 92.7 Å². The number of esters is 1. The SMILES string of the molecule is COC(=O)C(NC(=O)c1ccccc1C(=O)O)c1ccc2c(c1)C(C)(C)CCC2(C)C. The maximum absolute atomic E-state index is 12.9. The summed E-state index contributed by atoms with van der Waals surface area (Å²) in [4.78, 5) is 37.0. The van der Waals surface area contributed by atoms with E-state index >= 15 is 0 Å². The highest BCUT2D eigenvalue weighted by molar-refractivity contribution is 6.05. The smallest absolute Gasteiger partial charge is 0.336 e. The lowest BCUT2D eigenvalue weighted by Gasteiger charge is -2.42. The van der Waals surface area contributed by atoms with Gasteiger partial charge in [0.25, 0.3) is 5.91 Å². The first kappa shape index (κ1) is 22.5. The van der Waals surface area contributed by atoms with Crippen molar-refractivity contribution in [3.05, 3.63) is 70.3 Å². The molecule has 0 saturated heterocycles. The lowest BCUT2D eigenvalue weighted by Crippen LogP contribution is -2.37. The minimum atomic E-state index is -1.21. The molecule has 0 aromatic heterocycles. The van der Waals surface area contributed by atoms with Gasteiger partial charge in [-0.15, -0.1) is 0 Å². The van der Waals surface area contributed by atoms with Gasteiger partial charge in [-0.25, -0.2) is 9.59 Å². The van der Waals surface area contributed by atoms with Gasteiger partial charge < -0.3 is 15.2 Å². The number of nitrogens with one attached hydrogen (secondary N) is 1. The normalized spacial score (nSPS) is 17.2. The molecule has 1 atom stereocenters. The van der Waals surface area contributed by atoms with E-state index in [1.54, 1.807) is 12.1 Å². The molecule has 1 amide bonds. The van der Waals surface area contributed by atoms with E-state index in [9.17, 15) is 19.5 Å². The number of amides is 1. The van der Waals surface area contributed by atoms with E-state index in [1.165, 1.54) is 24.8 Å². The van der Waals surface area contributed by atoms with E-state index in [0.29, 0.717) is 5.56 Å². The summed E-state index contributed by atoms with van der Waals surface area (Å²) in [5, 5.41) is 12.1. The molecule has 31 heavy (non-hydrogen) atoms. The second kappa shape index (κ2) is 8.17. The standard InChI is InChI=1S/C25H29NO5/c1-24(2)12-13-25(3,4)19-14-15(10-11-18(19)24)20(23(30)31-5)26-21(27)16-8-6-7-9-17(16)22(28)29/h6-11,14,20H,12-13H2,1-5H3,(H,26,27)(H,28,29). The van der Waals surface area contributed by atoms with Crippen LogP contribution >= 0.6 is 0 Å². The van der Waals surface area contributed by atoms with Crippen molar-refractivity contribution in [1.82, 2.24) is 5.32 Å². The summed E-state index contributed by atoms with van der Waals surface area (Å²) in [6, 6.07) is 10.7. The zero-order chi connectivity index (χ0) is 23.0. The fourth-order valence-electron chi connectivity index (χ4n) is 4.26. The van der Waals surface area contributed by atoms with Crippen molar-refractivity contribution in [2.75, 3.05) is 7.11 Å². The molecule has 2 N–H and O–H groups in total. The highest BCUT2D eigenvalue weighted by Gasteiger charge is 2.38. The number of carbonyl (C=O) groups is 3. The Morgan fingerprint density at radius 1 is 0.935 bits per heavy atom. The number of carboxylic acids is 1. The highest BCUT2D eigenvalue weighted by Crippen LogP contribution is 2.46. The number of carbonyl (C=O) groups excluding carboxylic acids is 2. The number of carboxylic acid groups (broad SMARTS) is 1. The van der Waals surface area contributed by atoms with Gasteiger partial charge in [-0.3, -0.25) is 4.79 Å². The summed E-state index contributed by atoms with van der Waals surface area (Å²) >= 11 is 0. The van der Waals surface area contributed by atoms with Crippen LogP contribution in [-0.4, -0.2) is 30.1 Å². The molecule has 0 heterocycles. The molecule has 0 bridgehead atoms. The van der Waals surface area contributed by atoms with Crippen LogP contribution in [0.1, 0.15) is 84.0 Å².